The molecule has 17 heavy (non-hydrogen) atoms. The molecule has 0 amide bonds. The standard InChI is InChI=1S/C16H19N/c1-14-12-15-10-8-6-4-2-3-5-7-9-11-16(14)17-13-15/h3,5,12-13H,6-11H2,1H3/b5-3-. The van der Waals surface area contributed by atoms with Gasteiger partial charge in [-0.2, -0.15) is 0 Å². The average molecular weight is 225 g/mol. The minimum atomic E-state index is 0.977. The second kappa shape index (κ2) is 6.25. The molecule has 2 heterocycles. The van der Waals surface area contributed by atoms with Gasteiger partial charge in [0.2, 0.25) is 0 Å². The summed E-state index contributed by atoms with van der Waals surface area (Å²) in [5.41, 5.74) is 3.94. The molecule has 0 radical (unpaired) electrons. The second-order valence-electron chi connectivity index (χ2n) is 4.58. The molecule has 0 saturated carbocycles. The van der Waals surface area contributed by atoms with Crippen molar-refractivity contribution >= 4 is 0 Å². The number of pyridine rings is 1. The minimum absolute atomic E-state index is 0.977. The van der Waals surface area contributed by atoms with Crippen LogP contribution in [0.5, 0.6) is 0 Å². The maximum Gasteiger partial charge on any atom is 0.0433 e. The van der Waals surface area contributed by atoms with Gasteiger partial charge in [-0.15, -0.1) is 0 Å². The average Bonchev–Trinajstić information content (AvgIpc) is 2.33. The fourth-order valence-electron chi connectivity index (χ4n) is 2.10. The number of nitrogens with zero attached hydrogens (tertiary/aromatic N) is 1. The summed E-state index contributed by atoms with van der Waals surface area (Å²) in [5.74, 6) is 6.28. The molecule has 1 aliphatic carbocycles. The van der Waals surface area contributed by atoms with Gasteiger partial charge in [-0.3, -0.25) is 4.98 Å². The molecule has 0 aromatic carbocycles. The highest BCUT2D eigenvalue weighted by molar-refractivity contribution is 5.25. The summed E-state index contributed by atoms with van der Waals surface area (Å²) in [6.07, 6.45) is 12.7. The fourth-order valence-corrected chi connectivity index (χ4v) is 2.10. The van der Waals surface area contributed by atoms with Gasteiger partial charge in [-0.05, 0) is 56.2 Å². The largest absolute Gasteiger partial charge is 0.261 e. The summed E-state index contributed by atoms with van der Waals surface area (Å²) < 4.78 is 0. The Kier molecular flexibility index (Phi) is 4.38. The van der Waals surface area contributed by atoms with Crippen LogP contribution in [0.3, 0.4) is 0 Å². The van der Waals surface area contributed by atoms with Crippen LogP contribution in [0, 0.1) is 18.8 Å². The monoisotopic (exact) mass is 225 g/mol. The van der Waals surface area contributed by atoms with E-state index in [0.29, 0.717) is 0 Å². The van der Waals surface area contributed by atoms with Gasteiger partial charge in [0, 0.05) is 18.3 Å². The summed E-state index contributed by atoms with van der Waals surface area (Å²) in [5, 5.41) is 0. The van der Waals surface area contributed by atoms with Gasteiger partial charge in [0.15, 0.2) is 0 Å². The van der Waals surface area contributed by atoms with E-state index in [2.05, 4.69) is 35.9 Å². The summed E-state index contributed by atoms with van der Waals surface area (Å²) in [6.45, 7) is 2.17. The first-order chi connectivity index (χ1) is 8.36. The van der Waals surface area contributed by atoms with E-state index in [0.717, 1.165) is 38.5 Å². The van der Waals surface area contributed by atoms with Crippen LogP contribution in [0.15, 0.2) is 24.4 Å². The first-order valence-corrected chi connectivity index (χ1v) is 6.44. The van der Waals surface area contributed by atoms with Gasteiger partial charge in [0.05, 0.1) is 0 Å². The number of rotatable bonds is 0. The van der Waals surface area contributed by atoms with Crippen LogP contribution in [0.1, 0.15) is 42.5 Å². The van der Waals surface area contributed by atoms with E-state index in [1.807, 2.05) is 12.3 Å². The Morgan fingerprint density at radius 3 is 3.06 bits per heavy atom. The van der Waals surface area contributed by atoms with Gasteiger partial charge in [-0.25, -0.2) is 0 Å². The number of fused-ring (bicyclic) bond motifs is 9. The van der Waals surface area contributed by atoms with Gasteiger partial charge < -0.3 is 0 Å². The van der Waals surface area contributed by atoms with Crippen LogP contribution < -0.4 is 0 Å². The maximum absolute atomic E-state index is 4.59. The van der Waals surface area contributed by atoms with E-state index in [1.54, 1.807) is 0 Å². The third kappa shape index (κ3) is 3.75. The van der Waals surface area contributed by atoms with Crippen molar-refractivity contribution in [3.8, 4) is 11.8 Å². The van der Waals surface area contributed by atoms with Crippen LogP contribution in [0.4, 0.5) is 0 Å². The highest BCUT2D eigenvalue weighted by Crippen LogP contribution is 2.13. The third-order valence-corrected chi connectivity index (χ3v) is 3.10. The quantitative estimate of drug-likeness (QED) is 0.615. The van der Waals surface area contributed by atoms with Crippen molar-refractivity contribution in [2.45, 2.75) is 45.4 Å². The van der Waals surface area contributed by atoms with Crippen LogP contribution in [-0.2, 0) is 12.8 Å². The Morgan fingerprint density at radius 2 is 2.18 bits per heavy atom. The van der Waals surface area contributed by atoms with Gasteiger partial charge in [-0.1, -0.05) is 24.0 Å². The lowest BCUT2D eigenvalue weighted by atomic mass is 10.0. The lowest BCUT2D eigenvalue weighted by molar-refractivity contribution is 0.799. The zero-order valence-electron chi connectivity index (χ0n) is 10.5. The predicted molar refractivity (Wildman–Crippen MR) is 71.8 cm³/mol. The van der Waals surface area contributed by atoms with Crippen molar-refractivity contribution < 1.29 is 0 Å². The number of aromatic nitrogens is 1. The molecule has 1 aliphatic heterocycles. The zero-order chi connectivity index (χ0) is 11.9. The Balaban J connectivity index is 2.14. The highest BCUT2D eigenvalue weighted by atomic mass is 14.7. The van der Waals surface area contributed by atoms with Crippen molar-refractivity contribution in [1.29, 1.82) is 0 Å². The molecule has 1 heteroatoms. The summed E-state index contributed by atoms with van der Waals surface area (Å²) in [4.78, 5) is 4.59. The van der Waals surface area contributed by atoms with E-state index in [1.165, 1.54) is 16.8 Å². The molecule has 2 bridgehead atoms. The molecule has 1 nitrogen and oxygen atoms in total. The van der Waals surface area contributed by atoms with E-state index < -0.39 is 0 Å². The van der Waals surface area contributed by atoms with E-state index in [4.69, 9.17) is 0 Å². The van der Waals surface area contributed by atoms with Crippen molar-refractivity contribution in [1.82, 2.24) is 4.98 Å². The first kappa shape index (κ1) is 11.9. The summed E-state index contributed by atoms with van der Waals surface area (Å²) >= 11 is 0. The van der Waals surface area contributed by atoms with Crippen LogP contribution in [0.2, 0.25) is 0 Å². The lowest BCUT2D eigenvalue weighted by Gasteiger charge is -2.07. The van der Waals surface area contributed by atoms with Crippen molar-refractivity contribution in [2.75, 3.05) is 0 Å². The molecule has 0 atom stereocenters. The molecule has 0 spiro atoms. The predicted octanol–water partition coefficient (Wildman–Crippen LogP) is 3.61. The van der Waals surface area contributed by atoms with Crippen LogP contribution in [0.25, 0.3) is 0 Å². The highest BCUT2D eigenvalue weighted by Gasteiger charge is 2.02. The molecule has 0 fully saturated rings. The minimum Gasteiger partial charge on any atom is -0.261 e. The lowest BCUT2D eigenvalue weighted by Crippen LogP contribution is -1.97. The van der Waals surface area contributed by atoms with Crippen molar-refractivity contribution in [2.24, 2.45) is 0 Å². The molecule has 3 rings (SSSR count). The third-order valence-electron chi connectivity index (χ3n) is 3.10. The summed E-state index contributed by atoms with van der Waals surface area (Å²) in [7, 11) is 0. The topological polar surface area (TPSA) is 12.9 Å². The van der Waals surface area contributed by atoms with Gasteiger partial charge in [0.1, 0.15) is 0 Å². The van der Waals surface area contributed by atoms with E-state index in [9.17, 15) is 0 Å². The van der Waals surface area contributed by atoms with Gasteiger partial charge in [0.25, 0.3) is 0 Å². The number of aryl methyl sites for hydroxylation is 3. The molecule has 1 aromatic rings. The molecule has 88 valence electrons. The van der Waals surface area contributed by atoms with Crippen molar-refractivity contribution in [3.63, 3.8) is 0 Å². The second-order valence-corrected chi connectivity index (χ2v) is 4.58. The summed E-state index contributed by atoms with van der Waals surface area (Å²) in [6, 6.07) is 2.29. The van der Waals surface area contributed by atoms with Gasteiger partial charge >= 0.3 is 0 Å². The molecule has 0 unspecified atom stereocenters. The molecule has 1 aromatic heterocycles. The number of hydrogen-bond donors (Lipinski definition) is 0. The Morgan fingerprint density at radius 1 is 1.24 bits per heavy atom. The molecule has 2 aliphatic rings. The molecular formula is C16H19N. The zero-order valence-corrected chi connectivity index (χ0v) is 10.5. The number of hydrogen-bond acceptors (Lipinski definition) is 1. The van der Waals surface area contributed by atoms with Crippen molar-refractivity contribution in [3.05, 3.63) is 41.2 Å². The van der Waals surface area contributed by atoms with Crippen LogP contribution >= 0.6 is 0 Å². The Bertz CT molecular complexity index is 460. The smallest absolute Gasteiger partial charge is 0.0433 e. The normalized spacial score (nSPS) is 17.9. The van der Waals surface area contributed by atoms with Crippen LogP contribution in [-0.4, -0.2) is 4.98 Å². The Hall–Kier alpha value is -1.55. The fraction of sp³-hybridized carbons (Fsp3) is 0.438. The van der Waals surface area contributed by atoms with E-state index in [-0.39, 0.29) is 0 Å². The maximum atomic E-state index is 4.59. The first-order valence-electron chi connectivity index (χ1n) is 6.44. The Labute approximate surface area is 104 Å². The van der Waals surface area contributed by atoms with E-state index >= 15 is 0 Å². The molecule has 0 saturated heterocycles. The SMILES string of the molecule is Cc1cc2cnc1CCC/C=C\C#CCCC2. The molecular weight excluding hydrogens is 206 g/mol. The number of allylic oxidation sites excluding steroid dienone is 2. The molecule has 0 N–H and O–H groups in total.